The minimum absolute atomic E-state index is 0.0338. The van der Waals surface area contributed by atoms with Gasteiger partial charge < -0.3 is 15.6 Å². The summed E-state index contributed by atoms with van der Waals surface area (Å²) >= 11 is 0. The van der Waals surface area contributed by atoms with Crippen molar-refractivity contribution in [1.29, 1.82) is 0 Å². The summed E-state index contributed by atoms with van der Waals surface area (Å²) in [6, 6.07) is 7.88. The Bertz CT molecular complexity index is 371. The van der Waals surface area contributed by atoms with Crippen LogP contribution in [0.3, 0.4) is 0 Å². The first-order chi connectivity index (χ1) is 9.24. The minimum atomic E-state index is -0.332. The monoisotopic (exact) mass is 263 g/mol. The lowest BCUT2D eigenvalue weighted by atomic mass is 9.87. The third kappa shape index (κ3) is 3.71. The van der Waals surface area contributed by atoms with Crippen LogP contribution in [0.5, 0.6) is 5.75 Å². The van der Waals surface area contributed by atoms with E-state index in [1.807, 2.05) is 24.3 Å². The van der Waals surface area contributed by atoms with Crippen molar-refractivity contribution in [1.82, 2.24) is 0 Å². The van der Waals surface area contributed by atoms with E-state index in [1.165, 1.54) is 25.7 Å². The summed E-state index contributed by atoms with van der Waals surface area (Å²) in [6.45, 7) is 0.486. The first kappa shape index (κ1) is 14.4. The number of methoxy groups -OCH3 is 1. The summed E-state index contributed by atoms with van der Waals surface area (Å²) < 4.78 is 5.16. The van der Waals surface area contributed by atoms with Crippen LogP contribution in [-0.2, 0) is 0 Å². The van der Waals surface area contributed by atoms with Gasteiger partial charge in [0.05, 0.1) is 13.2 Å². The topological polar surface area (TPSA) is 55.5 Å². The summed E-state index contributed by atoms with van der Waals surface area (Å²) in [7, 11) is 1.66. The van der Waals surface area contributed by atoms with Gasteiger partial charge in [0.25, 0.3) is 0 Å². The van der Waals surface area contributed by atoms with Crippen molar-refractivity contribution in [2.45, 2.75) is 44.1 Å². The molecule has 3 nitrogen and oxygen atoms in total. The van der Waals surface area contributed by atoms with Gasteiger partial charge in [0.1, 0.15) is 5.75 Å². The molecule has 1 fully saturated rings. The van der Waals surface area contributed by atoms with Gasteiger partial charge in [0.2, 0.25) is 0 Å². The summed E-state index contributed by atoms with van der Waals surface area (Å²) in [6.07, 6.45) is 5.70. The zero-order chi connectivity index (χ0) is 13.7. The molecule has 19 heavy (non-hydrogen) atoms. The molecular weight excluding hydrogens is 238 g/mol. The molecule has 1 aromatic rings. The standard InChI is InChI=1S/C16H25NO2/c1-19-14-8-6-13(7-9-14)15(11-17)16(18)10-12-4-2-3-5-12/h6-9,12,15-16,18H,2-5,10-11,17H2,1H3. The van der Waals surface area contributed by atoms with Gasteiger partial charge >= 0.3 is 0 Å². The van der Waals surface area contributed by atoms with Crippen molar-refractivity contribution in [3.63, 3.8) is 0 Å². The van der Waals surface area contributed by atoms with Crippen molar-refractivity contribution in [3.05, 3.63) is 29.8 Å². The average molecular weight is 263 g/mol. The van der Waals surface area contributed by atoms with Crippen LogP contribution in [-0.4, -0.2) is 24.9 Å². The Labute approximate surface area is 115 Å². The predicted molar refractivity (Wildman–Crippen MR) is 77.4 cm³/mol. The van der Waals surface area contributed by atoms with E-state index in [4.69, 9.17) is 10.5 Å². The van der Waals surface area contributed by atoms with Gasteiger partial charge in [-0.15, -0.1) is 0 Å². The summed E-state index contributed by atoms with van der Waals surface area (Å²) in [5.41, 5.74) is 6.96. The van der Waals surface area contributed by atoms with E-state index in [0.29, 0.717) is 12.5 Å². The van der Waals surface area contributed by atoms with Crippen molar-refractivity contribution in [2.24, 2.45) is 11.7 Å². The highest BCUT2D eigenvalue weighted by Crippen LogP contribution is 2.32. The van der Waals surface area contributed by atoms with Crippen molar-refractivity contribution in [3.8, 4) is 5.75 Å². The second-order valence-electron chi connectivity index (χ2n) is 5.57. The van der Waals surface area contributed by atoms with Crippen molar-refractivity contribution in [2.75, 3.05) is 13.7 Å². The van der Waals surface area contributed by atoms with Gasteiger partial charge in [-0.25, -0.2) is 0 Å². The molecule has 106 valence electrons. The molecule has 0 saturated heterocycles. The Morgan fingerprint density at radius 2 is 1.89 bits per heavy atom. The lowest BCUT2D eigenvalue weighted by molar-refractivity contribution is 0.116. The number of ether oxygens (including phenoxy) is 1. The van der Waals surface area contributed by atoms with Crippen LogP contribution in [0.15, 0.2) is 24.3 Å². The van der Waals surface area contributed by atoms with E-state index in [-0.39, 0.29) is 12.0 Å². The fourth-order valence-electron chi connectivity index (χ4n) is 3.12. The number of nitrogens with two attached hydrogens (primary N) is 1. The molecule has 2 atom stereocenters. The van der Waals surface area contributed by atoms with Gasteiger partial charge in [0.15, 0.2) is 0 Å². The average Bonchev–Trinajstić information content (AvgIpc) is 2.93. The van der Waals surface area contributed by atoms with Crippen molar-refractivity contribution >= 4 is 0 Å². The Balaban J connectivity index is 2.00. The molecular formula is C16H25NO2. The van der Waals surface area contributed by atoms with Crippen LogP contribution in [0.4, 0.5) is 0 Å². The molecule has 1 aliphatic carbocycles. The van der Waals surface area contributed by atoms with Crippen LogP contribution in [0.25, 0.3) is 0 Å². The molecule has 0 radical (unpaired) electrons. The molecule has 1 saturated carbocycles. The minimum Gasteiger partial charge on any atom is -0.497 e. The maximum absolute atomic E-state index is 10.4. The molecule has 0 heterocycles. The molecule has 1 aromatic carbocycles. The number of aliphatic hydroxyl groups excluding tert-OH is 1. The first-order valence-electron chi connectivity index (χ1n) is 7.26. The summed E-state index contributed by atoms with van der Waals surface area (Å²) in [5, 5.41) is 10.4. The van der Waals surface area contributed by atoms with Gasteiger partial charge in [-0.05, 0) is 30.0 Å². The van der Waals surface area contributed by atoms with Crippen LogP contribution >= 0.6 is 0 Å². The molecule has 3 N–H and O–H groups in total. The second-order valence-corrected chi connectivity index (χ2v) is 5.57. The third-order valence-corrected chi connectivity index (χ3v) is 4.31. The Morgan fingerprint density at radius 1 is 1.26 bits per heavy atom. The molecule has 0 aromatic heterocycles. The Morgan fingerprint density at radius 3 is 2.42 bits per heavy atom. The van der Waals surface area contributed by atoms with Crippen LogP contribution < -0.4 is 10.5 Å². The Hall–Kier alpha value is -1.06. The highest BCUT2D eigenvalue weighted by atomic mass is 16.5. The number of benzene rings is 1. The largest absolute Gasteiger partial charge is 0.497 e. The van der Waals surface area contributed by atoms with Gasteiger partial charge in [-0.2, -0.15) is 0 Å². The lowest BCUT2D eigenvalue weighted by Crippen LogP contribution is -2.27. The molecule has 0 spiro atoms. The normalized spacial score (nSPS) is 19.3. The number of hydrogen-bond acceptors (Lipinski definition) is 3. The van der Waals surface area contributed by atoms with E-state index in [0.717, 1.165) is 17.7 Å². The molecule has 1 aliphatic rings. The van der Waals surface area contributed by atoms with Crippen LogP contribution in [0, 0.1) is 5.92 Å². The quantitative estimate of drug-likeness (QED) is 0.829. The van der Waals surface area contributed by atoms with Gasteiger partial charge in [0, 0.05) is 12.5 Å². The molecule has 3 heteroatoms. The molecule has 0 bridgehead atoms. The van der Waals surface area contributed by atoms with Gasteiger partial charge in [-0.1, -0.05) is 37.8 Å². The van der Waals surface area contributed by atoms with E-state index in [1.54, 1.807) is 7.11 Å². The van der Waals surface area contributed by atoms with E-state index < -0.39 is 0 Å². The lowest BCUT2D eigenvalue weighted by Gasteiger charge is -2.24. The molecule has 0 amide bonds. The number of aliphatic hydroxyl groups is 1. The van der Waals surface area contributed by atoms with Gasteiger partial charge in [-0.3, -0.25) is 0 Å². The Kier molecular flexibility index (Phi) is 5.23. The summed E-state index contributed by atoms with van der Waals surface area (Å²) in [4.78, 5) is 0. The van der Waals surface area contributed by atoms with Crippen LogP contribution in [0.2, 0.25) is 0 Å². The van der Waals surface area contributed by atoms with E-state index in [9.17, 15) is 5.11 Å². The second kappa shape index (κ2) is 6.92. The van der Waals surface area contributed by atoms with Crippen molar-refractivity contribution < 1.29 is 9.84 Å². The summed E-state index contributed by atoms with van der Waals surface area (Å²) in [5.74, 6) is 1.55. The molecule has 2 rings (SSSR count). The fourth-order valence-corrected chi connectivity index (χ4v) is 3.12. The molecule has 0 aliphatic heterocycles. The van der Waals surface area contributed by atoms with Crippen LogP contribution in [0.1, 0.15) is 43.6 Å². The predicted octanol–water partition coefficient (Wildman–Crippen LogP) is 2.68. The maximum Gasteiger partial charge on any atom is 0.118 e. The van der Waals surface area contributed by atoms with E-state index >= 15 is 0 Å². The number of hydrogen-bond donors (Lipinski definition) is 2. The smallest absolute Gasteiger partial charge is 0.118 e. The number of rotatable bonds is 6. The third-order valence-electron chi connectivity index (χ3n) is 4.31. The first-order valence-corrected chi connectivity index (χ1v) is 7.26. The maximum atomic E-state index is 10.4. The zero-order valence-electron chi connectivity index (χ0n) is 11.7. The fraction of sp³-hybridized carbons (Fsp3) is 0.625. The highest BCUT2D eigenvalue weighted by molar-refractivity contribution is 5.30. The zero-order valence-corrected chi connectivity index (χ0v) is 11.7. The SMILES string of the molecule is COc1ccc(C(CN)C(O)CC2CCCC2)cc1. The highest BCUT2D eigenvalue weighted by Gasteiger charge is 2.25. The van der Waals surface area contributed by atoms with E-state index in [2.05, 4.69) is 0 Å². The molecule has 2 unspecified atom stereocenters.